The van der Waals surface area contributed by atoms with Crippen molar-refractivity contribution in [3.8, 4) is 0 Å². The van der Waals surface area contributed by atoms with E-state index in [9.17, 15) is 0 Å². The molecule has 22 heavy (non-hydrogen) atoms. The first-order chi connectivity index (χ1) is 10.6. The molecular weight excluding hydrogens is 264 g/mol. The molecule has 0 rings (SSSR count). The van der Waals surface area contributed by atoms with Crippen LogP contribution in [0.2, 0.25) is 0 Å². The van der Waals surface area contributed by atoms with Crippen LogP contribution >= 0.6 is 0 Å². The summed E-state index contributed by atoms with van der Waals surface area (Å²) in [7, 11) is 0. The van der Waals surface area contributed by atoms with Gasteiger partial charge in [0.05, 0.1) is 0 Å². The predicted molar refractivity (Wildman–Crippen MR) is 103 cm³/mol. The Bertz CT molecular complexity index is 190. The molecule has 0 N–H and O–H groups in total. The van der Waals surface area contributed by atoms with Gasteiger partial charge in [0.1, 0.15) is 0 Å². The Balaban J connectivity index is 3.85. The third kappa shape index (κ3) is 12.5. The standard InChI is InChI=1S/C22H46/c1-6-8-10-12-14-16-18-22(21(5)20(3)4)19-17-15-13-11-9-7-2/h20-22H,6-19H2,1-5H3. The zero-order valence-corrected chi connectivity index (χ0v) is 16.6. The Morgan fingerprint density at radius 2 is 0.864 bits per heavy atom. The van der Waals surface area contributed by atoms with Crippen molar-refractivity contribution in [1.29, 1.82) is 0 Å². The summed E-state index contributed by atoms with van der Waals surface area (Å²) in [5.41, 5.74) is 0. The summed E-state index contributed by atoms with van der Waals surface area (Å²) in [6.45, 7) is 11.9. The van der Waals surface area contributed by atoms with E-state index in [0.29, 0.717) is 0 Å². The van der Waals surface area contributed by atoms with Crippen LogP contribution in [0.4, 0.5) is 0 Å². The molecule has 0 radical (unpaired) electrons. The summed E-state index contributed by atoms with van der Waals surface area (Å²) in [6, 6.07) is 0. The van der Waals surface area contributed by atoms with Gasteiger partial charge in [0, 0.05) is 0 Å². The van der Waals surface area contributed by atoms with Crippen LogP contribution in [0, 0.1) is 17.8 Å². The largest absolute Gasteiger partial charge is 0.0654 e. The van der Waals surface area contributed by atoms with Crippen LogP contribution in [-0.4, -0.2) is 0 Å². The maximum atomic E-state index is 2.50. The lowest BCUT2D eigenvalue weighted by atomic mass is 9.79. The first-order valence-corrected chi connectivity index (χ1v) is 10.6. The fourth-order valence-corrected chi connectivity index (χ4v) is 3.59. The average molecular weight is 311 g/mol. The molecule has 1 atom stereocenters. The van der Waals surface area contributed by atoms with Crippen molar-refractivity contribution >= 4 is 0 Å². The molecule has 0 spiro atoms. The van der Waals surface area contributed by atoms with Gasteiger partial charge >= 0.3 is 0 Å². The van der Waals surface area contributed by atoms with Gasteiger partial charge in [0.2, 0.25) is 0 Å². The topological polar surface area (TPSA) is 0 Å². The third-order valence-corrected chi connectivity index (χ3v) is 5.65. The van der Waals surface area contributed by atoms with Crippen molar-refractivity contribution < 1.29 is 0 Å². The van der Waals surface area contributed by atoms with Gasteiger partial charge in [0.25, 0.3) is 0 Å². The van der Waals surface area contributed by atoms with E-state index in [1.165, 1.54) is 89.9 Å². The maximum Gasteiger partial charge on any atom is -0.0386 e. The molecular formula is C22H46. The molecule has 0 heteroatoms. The van der Waals surface area contributed by atoms with E-state index in [-0.39, 0.29) is 0 Å². The van der Waals surface area contributed by atoms with Gasteiger partial charge < -0.3 is 0 Å². The summed E-state index contributed by atoms with van der Waals surface area (Å²) in [6.07, 6.45) is 20.3. The smallest absolute Gasteiger partial charge is 0.0386 e. The van der Waals surface area contributed by atoms with E-state index in [1.807, 2.05) is 0 Å². The Hall–Kier alpha value is 0. The second kappa shape index (κ2) is 15.9. The van der Waals surface area contributed by atoms with Crippen molar-refractivity contribution in [3.63, 3.8) is 0 Å². The third-order valence-electron chi connectivity index (χ3n) is 5.65. The molecule has 0 aromatic heterocycles. The molecule has 134 valence electrons. The monoisotopic (exact) mass is 310 g/mol. The average Bonchev–Trinajstić information content (AvgIpc) is 2.51. The van der Waals surface area contributed by atoms with Crippen LogP contribution in [-0.2, 0) is 0 Å². The highest BCUT2D eigenvalue weighted by molar-refractivity contribution is 4.70. The van der Waals surface area contributed by atoms with Crippen molar-refractivity contribution in [2.45, 2.75) is 125 Å². The van der Waals surface area contributed by atoms with Crippen LogP contribution in [0.5, 0.6) is 0 Å². The molecule has 0 amide bonds. The lowest BCUT2D eigenvalue weighted by molar-refractivity contribution is 0.236. The molecule has 0 fully saturated rings. The van der Waals surface area contributed by atoms with Crippen molar-refractivity contribution in [1.82, 2.24) is 0 Å². The minimum atomic E-state index is 0.852. The van der Waals surface area contributed by atoms with E-state index >= 15 is 0 Å². The van der Waals surface area contributed by atoms with Crippen molar-refractivity contribution in [2.24, 2.45) is 17.8 Å². The highest BCUT2D eigenvalue weighted by atomic mass is 14.2. The second-order valence-corrected chi connectivity index (χ2v) is 7.98. The molecule has 0 aromatic rings. The fourth-order valence-electron chi connectivity index (χ4n) is 3.59. The highest BCUT2D eigenvalue weighted by Gasteiger charge is 2.19. The molecule has 0 saturated heterocycles. The number of hydrogen-bond acceptors (Lipinski definition) is 0. The number of unbranched alkanes of at least 4 members (excludes halogenated alkanes) is 10. The van der Waals surface area contributed by atoms with Gasteiger partial charge in [-0.25, -0.2) is 0 Å². The van der Waals surface area contributed by atoms with Crippen molar-refractivity contribution in [2.75, 3.05) is 0 Å². The first-order valence-electron chi connectivity index (χ1n) is 10.6. The molecule has 0 nitrogen and oxygen atoms in total. The van der Waals surface area contributed by atoms with Crippen LogP contribution in [0.1, 0.15) is 125 Å². The van der Waals surface area contributed by atoms with Gasteiger partial charge in [-0.05, 0) is 17.8 Å². The Kier molecular flexibility index (Phi) is 15.9. The molecule has 0 aromatic carbocycles. The molecule has 1 unspecified atom stereocenters. The van der Waals surface area contributed by atoms with Gasteiger partial charge in [-0.1, -0.05) is 125 Å². The minimum Gasteiger partial charge on any atom is -0.0654 e. The van der Waals surface area contributed by atoms with Crippen LogP contribution in [0.3, 0.4) is 0 Å². The van der Waals surface area contributed by atoms with Gasteiger partial charge in [-0.3, -0.25) is 0 Å². The second-order valence-electron chi connectivity index (χ2n) is 7.98. The summed E-state index contributed by atoms with van der Waals surface area (Å²) in [5, 5.41) is 0. The molecule has 0 aliphatic heterocycles. The Morgan fingerprint density at radius 1 is 0.500 bits per heavy atom. The Labute approximate surface area is 142 Å². The zero-order chi connectivity index (χ0) is 16.6. The van der Waals surface area contributed by atoms with Crippen molar-refractivity contribution in [3.05, 3.63) is 0 Å². The first kappa shape index (κ1) is 22.0. The normalized spacial score (nSPS) is 13.2. The lowest BCUT2D eigenvalue weighted by Gasteiger charge is -2.27. The summed E-state index contributed by atoms with van der Waals surface area (Å²) in [5.74, 6) is 2.74. The van der Waals surface area contributed by atoms with Crippen LogP contribution in [0.15, 0.2) is 0 Å². The molecule has 0 aliphatic carbocycles. The van der Waals surface area contributed by atoms with Gasteiger partial charge in [0.15, 0.2) is 0 Å². The summed E-state index contributed by atoms with van der Waals surface area (Å²) in [4.78, 5) is 0. The van der Waals surface area contributed by atoms with E-state index in [2.05, 4.69) is 34.6 Å². The minimum absolute atomic E-state index is 0.852. The van der Waals surface area contributed by atoms with E-state index in [4.69, 9.17) is 0 Å². The molecule has 0 aliphatic rings. The van der Waals surface area contributed by atoms with Crippen LogP contribution in [0.25, 0.3) is 0 Å². The SMILES string of the molecule is CCCCCCCCC(CCCCCCCC)C(C)C(C)C. The maximum absolute atomic E-state index is 2.50. The quantitative estimate of drug-likeness (QED) is 0.251. The van der Waals surface area contributed by atoms with Crippen LogP contribution < -0.4 is 0 Å². The van der Waals surface area contributed by atoms with E-state index < -0.39 is 0 Å². The summed E-state index contributed by atoms with van der Waals surface area (Å²) >= 11 is 0. The van der Waals surface area contributed by atoms with Gasteiger partial charge in [-0.15, -0.1) is 0 Å². The lowest BCUT2D eigenvalue weighted by Crippen LogP contribution is -2.17. The predicted octanol–water partition coefficient (Wildman–Crippen LogP) is 8.40. The Morgan fingerprint density at radius 3 is 1.23 bits per heavy atom. The van der Waals surface area contributed by atoms with E-state index in [1.54, 1.807) is 0 Å². The zero-order valence-electron chi connectivity index (χ0n) is 16.6. The highest BCUT2D eigenvalue weighted by Crippen LogP contribution is 2.30. The molecule has 0 bridgehead atoms. The fraction of sp³-hybridized carbons (Fsp3) is 1.00. The van der Waals surface area contributed by atoms with Gasteiger partial charge in [-0.2, -0.15) is 0 Å². The molecule has 0 heterocycles. The molecule has 0 saturated carbocycles. The number of hydrogen-bond donors (Lipinski definition) is 0. The number of rotatable bonds is 16. The van der Waals surface area contributed by atoms with E-state index in [0.717, 1.165) is 17.8 Å². The summed E-state index contributed by atoms with van der Waals surface area (Å²) < 4.78 is 0.